The van der Waals surface area contributed by atoms with E-state index >= 15 is 0 Å². The quantitative estimate of drug-likeness (QED) is 0.355. The molecule has 0 aliphatic rings. The van der Waals surface area contributed by atoms with Gasteiger partial charge in [-0.3, -0.25) is 19.7 Å². The molecule has 2 N–H and O–H groups in total. The van der Waals surface area contributed by atoms with Crippen LogP contribution in [0.3, 0.4) is 0 Å². The van der Waals surface area contributed by atoms with Crippen molar-refractivity contribution in [1.29, 1.82) is 0 Å². The molecular weight excluding hydrogens is 394 g/mol. The number of carbonyl (C=O) groups is 2. The highest BCUT2D eigenvalue weighted by molar-refractivity contribution is 5.99. The number of amides is 2. The van der Waals surface area contributed by atoms with Crippen LogP contribution in [-0.4, -0.2) is 56.1 Å². The number of primary amides is 1. The second kappa shape index (κ2) is 10.2. The minimum absolute atomic E-state index is 0.117. The first-order valence-corrected chi connectivity index (χ1v) is 8.90. The third kappa shape index (κ3) is 5.45. The van der Waals surface area contributed by atoms with E-state index in [9.17, 15) is 19.7 Å². The van der Waals surface area contributed by atoms with Crippen LogP contribution in [0.1, 0.15) is 26.3 Å². The van der Waals surface area contributed by atoms with E-state index < -0.39 is 22.4 Å². The molecule has 0 saturated carbocycles. The summed E-state index contributed by atoms with van der Waals surface area (Å²) >= 11 is 0. The van der Waals surface area contributed by atoms with Crippen molar-refractivity contribution in [1.82, 2.24) is 4.90 Å². The minimum Gasteiger partial charge on any atom is -0.493 e. The SMILES string of the molecule is COCCOc1cc([N+](=O)[O-])c(C(=O)N(C)Cc2cccc(C(N)=O)c2)cc1OC. The molecule has 160 valence electrons. The lowest BCUT2D eigenvalue weighted by Crippen LogP contribution is -2.27. The summed E-state index contributed by atoms with van der Waals surface area (Å²) < 4.78 is 15.6. The summed E-state index contributed by atoms with van der Waals surface area (Å²) in [5.41, 5.74) is 5.67. The number of carbonyl (C=O) groups excluding carboxylic acids is 2. The van der Waals surface area contributed by atoms with Crippen molar-refractivity contribution in [3.05, 3.63) is 63.2 Å². The van der Waals surface area contributed by atoms with Crippen LogP contribution >= 0.6 is 0 Å². The van der Waals surface area contributed by atoms with Gasteiger partial charge in [-0.15, -0.1) is 0 Å². The van der Waals surface area contributed by atoms with Crippen molar-refractivity contribution < 1.29 is 28.7 Å². The molecule has 0 aliphatic carbocycles. The van der Waals surface area contributed by atoms with Gasteiger partial charge < -0.3 is 24.8 Å². The molecule has 0 fully saturated rings. The third-order valence-corrected chi connectivity index (χ3v) is 4.23. The topological polar surface area (TPSA) is 134 Å². The minimum atomic E-state index is -0.655. The Labute approximate surface area is 173 Å². The maximum absolute atomic E-state index is 12.9. The predicted molar refractivity (Wildman–Crippen MR) is 108 cm³/mol. The molecule has 2 aromatic rings. The van der Waals surface area contributed by atoms with Crippen LogP contribution in [0.4, 0.5) is 5.69 Å². The lowest BCUT2D eigenvalue weighted by molar-refractivity contribution is -0.385. The predicted octanol–water partition coefficient (Wildman–Crippen LogP) is 2.00. The first kappa shape index (κ1) is 22.6. The summed E-state index contributed by atoms with van der Waals surface area (Å²) in [5.74, 6) is -0.859. The zero-order valence-corrected chi connectivity index (χ0v) is 16.9. The smallest absolute Gasteiger partial charge is 0.286 e. The lowest BCUT2D eigenvalue weighted by atomic mass is 10.1. The molecule has 0 bridgehead atoms. The molecule has 2 amide bonds. The van der Waals surface area contributed by atoms with Crippen LogP contribution in [0.15, 0.2) is 36.4 Å². The second-order valence-electron chi connectivity index (χ2n) is 6.34. The first-order valence-electron chi connectivity index (χ1n) is 8.90. The largest absolute Gasteiger partial charge is 0.493 e. The molecule has 0 unspecified atom stereocenters. The van der Waals surface area contributed by atoms with E-state index in [1.807, 2.05) is 0 Å². The fraction of sp³-hybridized carbons (Fsp3) is 0.300. The summed E-state index contributed by atoms with van der Waals surface area (Å²) in [5, 5.41) is 11.6. The molecule has 10 heteroatoms. The molecule has 0 spiro atoms. The Bertz CT molecular complexity index is 946. The number of nitro groups is 1. The van der Waals surface area contributed by atoms with Crippen LogP contribution in [0, 0.1) is 10.1 Å². The molecule has 0 aromatic heterocycles. The number of ether oxygens (including phenoxy) is 3. The number of hydrogen-bond donors (Lipinski definition) is 1. The van der Waals surface area contributed by atoms with Crippen molar-refractivity contribution in [3.63, 3.8) is 0 Å². The number of hydrogen-bond acceptors (Lipinski definition) is 7. The van der Waals surface area contributed by atoms with E-state index in [2.05, 4.69) is 0 Å². The van der Waals surface area contributed by atoms with E-state index in [-0.39, 0.29) is 36.8 Å². The van der Waals surface area contributed by atoms with Gasteiger partial charge in [-0.2, -0.15) is 0 Å². The number of nitro benzene ring substituents is 1. The molecule has 2 aromatic carbocycles. The van der Waals surface area contributed by atoms with Gasteiger partial charge in [0.2, 0.25) is 5.91 Å². The summed E-state index contributed by atoms with van der Waals surface area (Å²) in [7, 11) is 4.37. The zero-order chi connectivity index (χ0) is 22.3. The molecule has 0 atom stereocenters. The summed E-state index contributed by atoms with van der Waals surface area (Å²) in [6, 6.07) is 8.92. The highest BCUT2D eigenvalue weighted by Crippen LogP contribution is 2.35. The molecule has 0 saturated heterocycles. The average molecular weight is 417 g/mol. The third-order valence-electron chi connectivity index (χ3n) is 4.23. The van der Waals surface area contributed by atoms with Crippen molar-refractivity contribution in [2.45, 2.75) is 6.54 Å². The van der Waals surface area contributed by atoms with Crippen molar-refractivity contribution in [2.75, 3.05) is 34.5 Å². The standard InChI is InChI=1S/C20H23N3O7/c1-22(12-13-5-4-6-14(9-13)19(21)24)20(25)15-10-17(29-3)18(30-8-7-28-2)11-16(15)23(26)27/h4-6,9-11H,7-8,12H2,1-3H3,(H2,21,24). The van der Waals surface area contributed by atoms with Crippen LogP contribution in [0.2, 0.25) is 0 Å². The fourth-order valence-corrected chi connectivity index (χ4v) is 2.75. The van der Waals surface area contributed by atoms with E-state index in [1.54, 1.807) is 24.3 Å². The Kier molecular flexibility index (Phi) is 7.70. The lowest BCUT2D eigenvalue weighted by Gasteiger charge is -2.19. The van der Waals surface area contributed by atoms with Gasteiger partial charge in [0.05, 0.1) is 24.7 Å². The average Bonchev–Trinajstić information content (AvgIpc) is 2.73. The Morgan fingerprint density at radius 1 is 1.13 bits per heavy atom. The van der Waals surface area contributed by atoms with Gasteiger partial charge >= 0.3 is 0 Å². The summed E-state index contributed by atoms with van der Waals surface area (Å²) in [4.78, 5) is 36.5. The second-order valence-corrected chi connectivity index (χ2v) is 6.34. The van der Waals surface area contributed by atoms with Gasteiger partial charge in [0, 0.05) is 32.3 Å². The van der Waals surface area contributed by atoms with E-state index in [0.29, 0.717) is 11.1 Å². The number of nitrogens with zero attached hydrogens (tertiary/aromatic N) is 2. The normalized spacial score (nSPS) is 10.4. The molecule has 2 rings (SSSR count). The van der Waals surface area contributed by atoms with Crippen LogP contribution in [-0.2, 0) is 11.3 Å². The Morgan fingerprint density at radius 2 is 1.87 bits per heavy atom. The maximum Gasteiger partial charge on any atom is 0.286 e. The number of benzene rings is 2. The van der Waals surface area contributed by atoms with Gasteiger partial charge in [-0.1, -0.05) is 12.1 Å². The van der Waals surface area contributed by atoms with E-state index in [0.717, 1.165) is 6.07 Å². The molecule has 30 heavy (non-hydrogen) atoms. The van der Waals surface area contributed by atoms with Gasteiger partial charge in [-0.05, 0) is 17.7 Å². The van der Waals surface area contributed by atoms with Crippen LogP contribution < -0.4 is 15.2 Å². The van der Waals surface area contributed by atoms with Gasteiger partial charge in [0.1, 0.15) is 12.2 Å². The highest BCUT2D eigenvalue weighted by atomic mass is 16.6. The Balaban J connectivity index is 2.33. The zero-order valence-electron chi connectivity index (χ0n) is 16.9. The molecule has 0 radical (unpaired) electrons. The summed E-state index contributed by atoms with van der Waals surface area (Å²) in [6.45, 7) is 0.559. The fourth-order valence-electron chi connectivity index (χ4n) is 2.75. The van der Waals surface area contributed by atoms with Crippen LogP contribution in [0.25, 0.3) is 0 Å². The first-order chi connectivity index (χ1) is 14.3. The molecular formula is C20H23N3O7. The van der Waals surface area contributed by atoms with Gasteiger partial charge in [0.25, 0.3) is 11.6 Å². The molecule has 0 aliphatic heterocycles. The van der Waals surface area contributed by atoms with Gasteiger partial charge in [0.15, 0.2) is 11.5 Å². The Morgan fingerprint density at radius 3 is 2.47 bits per heavy atom. The maximum atomic E-state index is 12.9. The van der Waals surface area contributed by atoms with Crippen molar-refractivity contribution in [3.8, 4) is 11.5 Å². The van der Waals surface area contributed by atoms with E-state index in [4.69, 9.17) is 19.9 Å². The Hall–Kier alpha value is -3.66. The van der Waals surface area contributed by atoms with Crippen molar-refractivity contribution in [2.24, 2.45) is 5.73 Å². The summed E-state index contributed by atoms with van der Waals surface area (Å²) in [6.07, 6.45) is 0. The monoisotopic (exact) mass is 417 g/mol. The number of nitrogens with two attached hydrogens (primary N) is 1. The molecule has 0 heterocycles. The van der Waals surface area contributed by atoms with Crippen LogP contribution in [0.5, 0.6) is 11.5 Å². The van der Waals surface area contributed by atoms with Crippen molar-refractivity contribution >= 4 is 17.5 Å². The number of methoxy groups -OCH3 is 2. The molecule has 10 nitrogen and oxygen atoms in total. The van der Waals surface area contributed by atoms with Gasteiger partial charge in [-0.25, -0.2) is 0 Å². The van der Waals surface area contributed by atoms with E-state index in [1.165, 1.54) is 32.2 Å². The number of rotatable bonds is 10. The highest BCUT2D eigenvalue weighted by Gasteiger charge is 2.27.